The summed E-state index contributed by atoms with van der Waals surface area (Å²) in [4.78, 5) is 14.1. The zero-order chi connectivity index (χ0) is 14.9. The lowest BCUT2D eigenvalue weighted by molar-refractivity contribution is -0.145. The number of aryl methyl sites for hydroxylation is 2. The van der Waals surface area contributed by atoms with Gasteiger partial charge in [-0.2, -0.15) is 0 Å². The molecule has 0 heterocycles. The second-order valence-electron chi connectivity index (χ2n) is 6.30. The van der Waals surface area contributed by atoms with E-state index in [4.69, 9.17) is 0 Å². The van der Waals surface area contributed by atoms with Crippen LogP contribution >= 0.6 is 0 Å². The van der Waals surface area contributed by atoms with Gasteiger partial charge in [-0.25, -0.2) is 0 Å². The quantitative estimate of drug-likeness (QED) is 0.915. The van der Waals surface area contributed by atoms with Crippen molar-refractivity contribution in [3.05, 3.63) is 28.8 Å². The molecule has 0 radical (unpaired) electrons. The number of rotatable bonds is 3. The van der Waals surface area contributed by atoms with Gasteiger partial charge in [-0.15, -0.1) is 0 Å². The minimum Gasteiger partial charge on any atom is -0.481 e. The summed E-state index contributed by atoms with van der Waals surface area (Å²) in [5, 5.41) is 9.89. The van der Waals surface area contributed by atoms with Crippen molar-refractivity contribution in [3.63, 3.8) is 0 Å². The number of carboxylic acids is 1. The Hall–Kier alpha value is -1.51. The van der Waals surface area contributed by atoms with Crippen LogP contribution in [0.25, 0.3) is 0 Å². The molecule has 0 atom stereocenters. The van der Waals surface area contributed by atoms with Gasteiger partial charge in [-0.1, -0.05) is 25.3 Å². The van der Waals surface area contributed by atoms with Crippen LogP contribution in [-0.4, -0.2) is 25.2 Å². The van der Waals surface area contributed by atoms with Crippen LogP contribution in [0.1, 0.15) is 48.8 Å². The summed E-state index contributed by atoms with van der Waals surface area (Å²) < 4.78 is 0. The van der Waals surface area contributed by atoms with E-state index < -0.39 is 11.4 Å². The number of hydrogen-bond donors (Lipinski definition) is 1. The summed E-state index contributed by atoms with van der Waals surface area (Å²) in [6.45, 7) is 4.15. The second kappa shape index (κ2) is 5.47. The minimum atomic E-state index is -0.698. The van der Waals surface area contributed by atoms with Crippen LogP contribution in [-0.2, 0) is 10.2 Å². The first-order chi connectivity index (χ1) is 9.38. The van der Waals surface area contributed by atoms with E-state index in [2.05, 4.69) is 26.0 Å². The molecule has 1 aromatic carbocycles. The third kappa shape index (κ3) is 2.41. The average Bonchev–Trinajstić information content (AvgIpc) is 2.41. The van der Waals surface area contributed by atoms with E-state index in [-0.39, 0.29) is 0 Å². The van der Waals surface area contributed by atoms with E-state index in [1.165, 1.54) is 11.1 Å². The fourth-order valence-electron chi connectivity index (χ4n) is 3.31. The van der Waals surface area contributed by atoms with Crippen LogP contribution in [0.15, 0.2) is 12.1 Å². The van der Waals surface area contributed by atoms with Crippen LogP contribution in [0.4, 0.5) is 5.69 Å². The SMILES string of the molecule is Cc1cc(N(C)C)c(C2(C(=O)O)CCCCC2)cc1C. The van der Waals surface area contributed by atoms with E-state index in [9.17, 15) is 9.90 Å². The molecule has 1 aliphatic carbocycles. The molecule has 0 unspecified atom stereocenters. The molecule has 1 aliphatic rings. The van der Waals surface area contributed by atoms with Crippen LogP contribution < -0.4 is 4.90 Å². The average molecular weight is 275 g/mol. The molecule has 1 aromatic rings. The van der Waals surface area contributed by atoms with Crippen molar-refractivity contribution in [2.75, 3.05) is 19.0 Å². The minimum absolute atomic E-state index is 0.663. The van der Waals surface area contributed by atoms with Crippen LogP contribution in [0.5, 0.6) is 0 Å². The molecule has 3 nitrogen and oxygen atoms in total. The highest BCUT2D eigenvalue weighted by atomic mass is 16.4. The van der Waals surface area contributed by atoms with Gasteiger partial charge in [0.25, 0.3) is 0 Å². The van der Waals surface area contributed by atoms with E-state index in [0.29, 0.717) is 0 Å². The number of carbonyl (C=O) groups is 1. The Morgan fingerprint density at radius 2 is 1.65 bits per heavy atom. The van der Waals surface area contributed by atoms with E-state index in [0.717, 1.165) is 43.4 Å². The van der Waals surface area contributed by atoms with E-state index in [1.807, 2.05) is 19.0 Å². The largest absolute Gasteiger partial charge is 0.481 e. The maximum Gasteiger partial charge on any atom is 0.314 e. The molecule has 1 N–H and O–H groups in total. The van der Waals surface area contributed by atoms with Crippen molar-refractivity contribution in [2.45, 2.75) is 51.4 Å². The highest BCUT2D eigenvalue weighted by Gasteiger charge is 2.43. The van der Waals surface area contributed by atoms with Gasteiger partial charge in [0.15, 0.2) is 0 Å². The lowest BCUT2D eigenvalue weighted by Crippen LogP contribution is -2.39. The lowest BCUT2D eigenvalue weighted by atomic mass is 9.68. The molecule has 0 saturated heterocycles. The maximum absolute atomic E-state index is 12.0. The lowest BCUT2D eigenvalue weighted by Gasteiger charge is -2.36. The molecular formula is C17H25NO2. The Kier molecular flexibility index (Phi) is 4.07. The Morgan fingerprint density at radius 1 is 1.10 bits per heavy atom. The monoisotopic (exact) mass is 275 g/mol. The van der Waals surface area contributed by atoms with E-state index in [1.54, 1.807) is 0 Å². The molecule has 0 spiro atoms. The number of benzene rings is 1. The second-order valence-corrected chi connectivity index (χ2v) is 6.30. The van der Waals surface area contributed by atoms with Crippen molar-refractivity contribution in [1.29, 1.82) is 0 Å². The van der Waals surface area contributed by atoms with Crippen LogP contribution in [0.2, 0.25) is 0 Å². The van der Waals surface area contributed by atoms with Gasteiger partial charge in [0.2, 0.25) is 0 Å². The van der Waals surface area contributed by atoms with Crippen molar-refractivity contribution < 1.29 is 9.90 Å². The zero-order valence-electron chi connectivity index (χ0n) is 13.0. The van der Waals surface area contributed by atoms with Gasteiger partial charge < -0.3 is 10.0 Å². The van der Waals surface area contributed by atoms with Crippen molar-refractivity contribution in [2.24, 2.45) is 0 Å². The summed E-state index contributed by atoms with van der Waals surface area (Å²) >= 11 is 0. The Balaban J connectivity index is 2.64. The van der Waals surface area contributed by atoms with Gasteiger partial charge in [0, 0.05) is 19.8 Å². The molecule has 0 amide bonds. The molecule has 0 bridgehead atoms. The predicted octanol–water partition coefficient (Wildman–Crippen LogP) is 3.66. The first-order valence-corrected chi connectivity index (χ1v) is 7.41. The summed E-state index contributed by atoms with van der Waals surface area (Å²) in [7, 11) is 3.98. The van der Waals surface area contributed by atoms with E-state index >= 15 is 0 Å². The number of hydrogen-bond acceptors (Lipinski definition) is 2. The summed E-state index contributed by atoms with van der Waals surface area (Å²) in [5.41, 5.74) is 3.75. The summed E-state index contributed by atoms with van der Waals surface area (Å²) in [5.74, 6) is -0.663. The Labute approximate surface area is 121 Å². The number of nitrogens with zero attached hydrogens (tertiary/aromatic N) is 1. The third-order valence-corrected chi connectivity index (χ3v) is 4.73. The predicted molar refractivity (Wildman–Crippen MR) is 82.6 cm³/mol. The van der Waals surface area contributed by atoms with Crippen molar-refractivity contribution in [1.82, 2.24) is 0 Å². The molecule has 2 rings (SSSR count). The molecule has 0 aliphatic heterocycles. The summed E-state index contributed by atoms with van der Waals surface area (Å²) in [6.07, 6.45) is 4.67. The third-order valence-electron chi connectivity index (χ3n) is 4.73. The van der Waals surface area contributed by atoms with Crippen LogP contribution in [0, 0.1) is 13.8 Å². The first kappa shape index (κ1) is 14.9. The maximum atomic E-state index is 12.0. The smallest absolute Gasteiger partial charge is 0.314 e. The molecular weight excluding hydrogens is 250 g/mol. The molecule has 20 heavy (non-hydrogen) atoms. The number of anilines is 1. The van der Waals surface area contributed by atoms with Gasteiger partial charge in [-0.05, 0) is 49.4 Å². The Morgan fingerprint density at radius 3 is 2.15 bits per heavy atom. The van der Waals surface area contributed by atoms with Crippen LogP contribution in [0.3, 0.4) is 0 Å². The van der Waals surface area contributed by atoms with Gasteiger partial charge in [0.1, 0.15) is 0 Å². The zero-order valence-corrected chi connectivity index (χ0v) is 13.0. The fraction of sp³-hybridized carbons (Fsp3) is 0.588. The number of aliphatic carboxylic acids is 1. The molecule has 1 fully saturated rings. The van der Waals surface area contributed by atoms with Gasteiger partial charge in [-0.3, -0.25) is 4.79 Å². The highest BCUT2D eigenvalue weighted by Crippen LogP contribution is 2.44. The molecule has 110 valence electrons. The molecule has 0 aromatic heterocycles. The van der Waals surface area contributed by atoms with Crippen molar-refractivity contribution >= 4 is 11.7 Å². The molecule has 3 heteroatoms. The fourth-order valence-corrected chi connectivity index (χ4v) is 3.31. The topological polar surface area (TPSA) is 40.5 Å². The summed E-state index contributed by atoms with van der Waals surface area (Å²) in [6, 6.07) is 4.23. The van der Waals surface area contributed by atoms with Crippen molar-refractivity contribution in [3.8, 4) is 0 Å². The highest BCUT2D eigenvalue weighted by molar-refractivity contribution is 5.84. The standard InChI is InChI=1S/C17H25NO2/c1-12-10-14(15(18(3)4)11-13(12)2)17(16(19)20)8-6-5-7-9-17/h10-11H,5-9H2,1-4H3,(H,19,20). The van der Waals surface area contributed by atoms with Gasteiger partial charge in [0.05, 0.1) is 5.41 Å². The number of carboxylic acid groups (broad SMARTS) is 1. The Bertz CT molecular complexity index is 514. The normalized spacial score (nSPS) is 17.8. The van der Waals surface area contributed by atoms with Gasteiger partial charge >= 0.3 is 5.97 Å². The molecule has 1 saturated carbocycles. The first-order valence-electron chi connectivity index (χ1n) is 7.41.